The van der Waals surface area contributed by atoms with E-state index >= 15 is 0 Å². The number of nitrogens with one attached hydrogen (secondary N) is 1. The highest BCUT2D eigenvalue weighted by atomic mass is 16.5. The number of esters is 1. The van der Waals surface area contributed by atoms with E-state index in [1.165, 1.54) is 25.3 Å². The van der Waals surface area contributed by atoms with Crippen molar-refractivity contribution in [2.24, 2.45) is 5.92 Å². The molecule has 3 rings (SSSR count). The molecule has 0 unspecified atom stereocenters. The fourth-order valence-electron chi connectivity index (χ4n) is 3.96. The van der Waals surface area contributed by atoms with Crippen LogP contribution >= 0.6 is 0 Å². The SMILES string of the molecule is CCOc1cc(/C=C/C(=O)O[C@@H](C)C(=O)NCC2CCCCC2)ccc1OCc1ccccc1. The first-order valence-electron chi connectivity index (χ1n) is 12.1. The van der Waals surface area contributed by atoms with Gasteiger partial charge in [-0.3, -0.25) is 4.79 Å². The van der Waals surface area contributed by atoms with Gasteiger partial charge in [0.2, 0.25) is 0 Å². The number of carbonyl (C=O) groups excluding carboxylic acids is 2. The molecule has 0 saturated heterocycles. The third-order valence-corrected chi connectivity index (χ3v) is 5.87. The monoisotopic (exact) mass is 465 g/mol. The van der Waals surface area contributed by atoms with E-state index in [2.05, 4.69) is 5.32 Å². The molecule has 2 aromatic rings. The summed E-state index contributed by atoms with van der Waals surface area (Å²) < 4.78 is 16.9. The maximum Gasteiger partial charge on any atom is 0.331 e. The lowest BCUT2D eigenvalue weighted by molar-refractivity contribution is -0.150. The Labute approximate surface area is 202 Å². The molecule has 0 spiro atoms. The van der Waals surface area contributed by atoms with Crippen molar-refractivity contribution in [3.63, 3.8) is 0 Å². The van der Waals surface area contributed by atoms with Gasteiger partial charge in [0, 0.05) is 12.6 Å². The summed E-state index contributed by atoms with van der Waals surface area (Å²) in [6.07, 6.45) is 8.14. The molecule has 0 aliphatic heterocycles. The van der Waals surface area contributed by atoms with Crippen LogP contribution in [0.5, 0.6) is 11.5 Å². The zero-order chi connectivity index (χ0) is 24.2. The third kappa shape index (κ3) is 8.25. The number of hydrogen-bond donors (Lipinski definition) is 1. The standard InChI is InChI=1S/C28H35NO5/c1-3-32-26-18-22(14-16-25(26)33-20-24-12-8-5-9-13-24)15-17-27(30)34-21(2)28(31)29-19-23-10-6-4-7-11-23/h5,8-9,12-18,21,23H,3-4,6-7,10-11,19-20H2,1-2H3,(H,29,31)/b17-15+/t21-/m0/s1. The Bertz CT molecular complexity index is 951. The zero-order valence-electron chi connectivity index (χ0n) is 20.1. The van der Waals surface area contributed by atoms with Crippen molar-refractivity contribution >= 4 is 18.0 Å². The molecule has 6 heteroatoms. The number of benzene rings is 2. The van der Waals surface area contributed by atoms with Crippen LogP contribution in [0.3, 0.4) is 0 Å². The Morgan fingerprint density at radius 3 is 2.53 bits per heavy atom. The largest absolute Gasteiger partial charge is 0.490 e. The topological polar surface area (TPSA) is 73.9 Å². The normalized spacial score (nSPS) is 15.0. The van der Waals surface area contributed by atoms with E-state index in [1.54, 1.807) is 13.0 Å². The van der Waals surface area contributed by atoms with Crippen molar-refractivity contribution in [3.05, 3.63) is 65.7 Å². The number of carbonyl (C=O) groups is 2. The Morgan fingerprint density at radius 1 is 1.03 bits per heavy atom. The lowest BCUT2D eigenvalue weighted by Gasteiger charge is -2.22. The quantitative estimate of drug-likeness (QED) is 0.360. The van der Waals surface area contributed by atoms with Crippen LogP contribution in [-0.4, -0.2) is 31.1 Å². The Balaban J connectivity index is 1.51. The maximum absolute atomic E-state index is 12.3. The first kappa shape index (κ1) is 25.3. The summed E-state index contributed by atoms with van der Waals surface area (Å²) in [7, 11) is 0. The summed E-state index contributed by atoms with van der Waals surface area (Å²) in [6.45, 7) is 5.07. The Morgan fingerprint density at radius 2 is 1.79 bits per heavy atom. The van der Waals surface area contributed by atoms with Crippen LogP contribution in [0.15, 0.2) is 54.6 Å². The van der Waals surface area contributed by atoms with Gasteiger partial charge >= 0.3 is 5.97 Å². The molecule has 0 bridgehead atoms. The summed E-state index contributed by atoms with van der Waals surface area (Å²) in [5.74, 6) is 0.936. The number of ether oxygens (including phenoxy) is 3. The molecule has 1 aliphatic rings. The number of rotatable bonds is 11. The van der Waals surface area contributed by atoms with Crippen molar-refractivity contribution in [2.45, 2.75) is 58.7 Å². The predicted octanol–water partition coefficient (Wildman–Crippen LogP) is 5.31. The van der Waals surface area contributed by atoms with Crippen LogP contribution in [0.1, 0.15) is 57.1 Å². The molecule has 6 nitrogen and oxygen atoms in total. The van der Waals surface area contributed by atoms with Gasteiger partial charge in [-0.05, 0) is 61.9 Å². The molecule has 1 amide bonds. The second-order valence-electron chi connectivity index (χ2n) is 8.58. The predicted molar refractivity (Wildman–Crippen MR) is 133 cm³/mol. The average Bonchev–Trinajstić information content (AvgIpc) is 2.87. The fraction of sp³-hybridized carbons (Fsp3) is 0.429. The molecule has 182 valence electrons. The van der Waals surface area contributed by atoms with Gasteiger partial charge in [-0.2, -0.15) is 0 Å². The highest BCUT2D eigenvalue weighted by molar-refractivity contribution is 5.90. The van der Waals surface area contributed by atoms with Crippen LogP contribution < -0.4 is 14.8 Å². The zero-order valence-corrected chi connectivity index (χ0v) is 20.1. The van der Waals surface area contributed by atoms with Crippen LogP contribution in [-0.2, 0) is 20.9 Å². The maximum atomic E-state index is 12.3. The van der Waals surface area contributed by atoms with Crippen molar-refractivity contribution in [1.29, 1.82) is 0 Å². The molecule has 1 saturated carbocycles. The molecule has 1 N–H and O–H groups in total. The summed E-state index contributed by atoms with van der Waals surface area (Å²) in [4.78, 5) is 24.5. The summed E-state index contributed by atoms with van der Waals surface area (Å²) in [5, 5.41) is 2.91. The minimum absolute atomic E-state index is 0.258. The summed E-state index contributed by atoms with van der Waals surface area (Å²) in [5.41, 5.74) is 1.83. The van der Waals surface area contributed by atoms with Crippen molar-refractivity contribution < 1.29 is 23.8 Å². The Hall–Kier alpha value is -3.28. The molecule has 34 heavy (non-hydrogen) atoms. The molecule has 1 aliphatic carbocycles. The number of amides is 1. The van der Waals surface area contributed by atoms with Gasteiger partial charge in [0.1, 0.15) is 6.61 Å². The minimum Gasteiger partial charge on any atom is -0.490 e. The molecule has 0 heterocycles. The second kappa shape index (κ2) is 13.4. The lowest BCUT2D eigenvalue weighted by atomic mass is 9.89. The molecule has 1 atom stereocenters. The summed E-state index contributed by atoms with van der Waals surface area (Å²) in [6, 6.07) is 15.4. The van der Waals surface area contributed by atoms with E-state index < -0.39 is 12.1 Å². The Kier molecular flexibility index (Phi) is 10.0. The molecular formula is C28H35NO5. The third-order valence-electron chi connectivity index (χ3n) is 5.87. The van der Waals surface area contributed by atoms with E-state index in [0.29, 0.717) is 37.2 Å². The summed E-state index contributed by atoms with van der Waals surface area (Å²) >= 11 is 0. The lowest BCUT2D eigenvalue weighted by Crippen LogP contribution is -2.38. The molecule has 2 aromatic carbocycles. The minimum atomic E-state index is -0.839. The van der Waals surface area contributed by atoms with Crippen molar-refractivity contribution in [1.82, 2.24) is 5.32 Å². The van der Waals surface area contributed by atoms with Gasteiger partial charge < -0.3 is 19.5 Å². The van der Waals surface area contributed by atoms with Gasteiger partial charge in [0.15, 0.2) is 17.6 Å². The number of hydrogen-bond acceptors (Lipinski definition) is 5. The highest BCUT2D eigenvalue weighted by Gasteiger charge is 2.19. The fourth-order valence-corrected chi connectivity index (χ4v) is 3.96. The van der Waals surface area contributed by atoms with Crippen molar-refractivity contribution in [3.8, 4) is 11.5 Å². The van der Waals surface area contributed by atoms with Gasteiger partial charge in [0.05, 0.1) is 6.61 Å². The van der Waals surface area contributed by atoms with Gasteiger partial charge in [-0.15, -0.1) is 0 Å². The second-order valence-corrected chi connectivity index (χ2v) is 8.58. The van der Waals surface area contributed by atoms with Gasteiger partial charge in [0.25, 0.3) is 5.91 Å². The van der Waals surface area contributed by atoms with E-state index in [0.717, 1.165) is 24.0 Å². The molecule has 1 fully saturated rings. The van der Waals surface area contributed by atoms with Gasteiger partial charge in [-0.25, -0.2) is 4.79 Å². The average molecular weight is 466 g/mol. The highest BCUT2D eigenvalue weighted by Crippen LogP contribution is 2.30. The first-order chi connectivity index (χ1) is 16.5. The molecular weight excluding hydrogens is 430 g/mol. The molecule has 0 radical (unpaired) electrons. The van der Waals surface area contributed by atoms with Crippen LogP contribution in [0.2, 0.25) is 0 Å². The van der Waals surface area contributed by atoms with E-state index in [1.807, 2.05) is 55.5 Å². The van der Waals surface area contributed by atoms with Crippen LogP contribution in [0.4, 0.5) is 0 Å². The van der Waals surface area contributed by atoms with Crippen LogP contribution in [0, 0.1) is 5.92 Å². The van der Waals surface area contributed by atoms with E-state index in [4.69, 9.17) is 14.2 Å². The van der Waals surface area contributed by atoms with Gasteiger partial charge in [-0.1, -0.05) is 55.7 Å². The smallest absolute Gasteiger partial charge is 0.331 e. The molecule has 0 aromatic heterocycles. The van der Waals surface area contributed by atoms with E-state index in [-0.39, 0.29) is 5.91 Å². The van der Waals surface area contributed by atoms with Crippen LogP contribution in [0.25, 0.3) is 6.08 Å². The van der Waals surface area contributed by atoms with Crippen molar-refractivity contribution in [2.75, 3.05) is 13.2 Å². The van der Waals surface area contributed by atoms with E-state index in [9.17, 15) is 9.59 Å². The first-order valence-corrected chi connectivity index (χ1v) is 12.1.